The van der Waals surface area contributed by atoms with Crippen molar-refractivity contribution in [2.45, 2.75) is 37.9 Å². The Morgan fingerprint density at radius 3 is 2.69 bits per heavy atom. The largest absolute Gasteiger partial charge is 0.492 e. The van der Waals surface area contributed by atoms with Crippen molar-refractivity contribution < 1.29 is 4.74 Å². The van der Waals surface area contributed by atoms with Gasteiger partial charge in [0.1, 0.15) is 5.75 Å². The van der Waals surface area contributed by atoms with Gasteiger partial charge in [-0.25, -0.2) is 0 Å². The van der Waals surface area contributed by atoms with E-state index in [1.165, 1.54) is 24.8 Å². The van der Waals surface area contributed by atoms with Crippen LogP contribution >= 0.6 is 27.5 Å². The lowest BCUT2D eigenvalue weighted by Crippen LogP contribution is -1.98. The minimum atomic E-state index is 0.701. The van der Waals surface area contributed by atoms with Gasteiger partial charge in [-0.15, -0.1) is 0 Å². The molecule has 0 amide bonds. The third kappa shape index (κ3) is 4.75. The standard InChI is InChI=1S/C13H18BrClO/c1-2-3-4-5-8-16-13-7-6-11(10-14)9-12(13)15/h6-7,9H,2-5,8,10H2,1H3. The molecule has 0 aliphatic heterocycles. The van der Waals surface area contributed by atoms with E-state index in [1.54, 1.807) is 0 Å². The molecular formula is C13H18BrClO. The van der Waals surface area contributed by atoms with Crippen LogP contribution in [-0.4, -0.2) is 6.61 Å². The minimum absolute atomic E-state index is 0.701. The molecule has 1 rings (SSSR count). The summed E-state index contributed by atoms with van der Waals surface area (Å²) in [6.45, 7) is 2.96. The van der Waals surface area contributed by atoms with Gasteiger partial charge in [0.15, 0.2) is 0 Å². The fourth-order valence-corrected chi connectivity index (χ4v) is 2.06. The van der Waals surface area contributed by atoms with Gasteiger partial charge in [0, 0.05) is 5.33 Å². The lowest BCUT2D eigenvalue weighted by Gasteiger charge is -2.08. The first-order chi connectivity index (χ1) is 7.77. The van der Waals surface area contributed by atoms with Crippen molar-refractivity contribution >= 4 is 27.5 Å². The maximum atomic E-state index is 6.10. The Morgan fingerprint density at radius 2 is 2.06 bits per heavy atom. The van der Waals surface area contributed by atoms with Crippen LogP contribution in [-0.2, 0) is 5.33 Å². The molecule has 0 atom stereocenters. The lowest BCUT2D eigenvalue weighted by atomic mass is 10.2. The van der Waals surface area contributed by atoms with E-state index in [4.69, 9.17) is 16.3 Å². The summed E-state index contributed by atoms with van der Waals surface area (Å²) in [7, 11) is 0. The fraction of sp³-hybridized carbons (Fsp3) is 0.538. The molecule has 1 aromatic carbocycles. The van der Waals surface area contributed by atoms with E-state index >= 15 is 0 Å². The molecule has 1 aromatic rings. The Bertz CT molecular complexity index is 315. The average Bonchev–Trinajstić information content (AvgIpc) is 2.30. The number of hydrogen-bond acceptors (Lipinski definition) is 1. The third-order valence-electron chi connectivity index (χ3n) is 2.41. The quantitative estimate of drug-likeness (QED) is 0.497. The predicted octanol–water partition coefficient (Wildman–Crippen LogP) is 5.19. The van der Waals surface area contributed by atoms with E-state index in [-0.39, 0.29) is 0 Å². The second-order valence-corrected chi connectivity index (χ2v) is 4.78. The van der Waals surface area contributed by atoms with Gasteiger partial charge < -0.3 is 4.74 Å². The summed E-state index contributed by atoms with van der Waals surface area (Å²) in [6.07, 6.45) is 4.86. The normalized spacial score (nSPS) is 10.4. The molecule has 0 aliphatic carbocycles. The molecule has 90 valence electrons. The van der Waals surface area contributed by atoms with Crippen molar-refractivity contribution in [3.05, 3.63) is 28.8 Å². The number of benzene rings is 1. The zero-order chi connectivity index (χ0) is 11.8. The van der Waals surface area contributed by atoms with Crippen molar-refractivity contribution in [3.8, 4) is 5.75 Å². The molecule has 0 saturated carbocycles. The number of hydrogen-bond donors (Lipinski definition) is 0. The number of unbranched alkanes of at least 4 members (excludes halogenated alkanes) is 3. The fourth-order valence-electron chi connectivity index (χ4n) is 1.46. The van der Waals surface area contributed by atoms with E-state index in [9.17, 15) is 0 Å². The van der Waals surface area contributed by atoms with Crippen LogP contribution in [0.3, 0.4) is 0 Å². The summed E-state index contributed by atoms with van der Waals surface area (Å²) in [5, 5.41) is 1.52. The molecule has 0 spiro atoms. The van der Waals surface area contributed by atoms with Crippen molar-refractivity contribution in [2.75, 3.05) is 6.61 Å². The van der Waals surface area contributed by atoms with Crippen LogP contribution in [0.2, 0.25) is 5.02 Å². The Hall–Kier alpha value is -0.210. The molecule has 0 aliphatic rings. The summed E-state index contributed by atoms with van der Waals surface area (Å²) < 4.78 is 5.64. The molecule has 0 aromatic heterocycles. The molecular weight excluding hydrogens is 287 g/mol. The molecule has 3 heteroatoms. The van der Waals surface area contributed by atoms with Crippen LogP contribution in [0, 0.1) is 0 Å². The van der Waals surface area contributed by atoms with Crippen molar-refractivity contribution in [1.82, 2.24) is 0 Å². The second-order valence-electron chi connectivity index (χ2n) is 3.81. The molecule has 16 heavy (non-hydrogen) atoms. The molecule has 0 N–H and O–H groups in total. The van der Waals surface area contributed by atoms with Gasteiger partial charge in [-0.05, 0) is 24.1 Å². The average molecular weight is 306 g/mol. The SMILES string of the molecule is CCCCCCOc1ccc(CBr)cc1Cl. The summed E-state index contributed by atoms with van der Waals surface area (Å²) in [5.74, 6) is 0.794. The van der Waals surface area contributed by atoms with E-state index in [0.717, 1.165) is 24.1 Å². The zero-order valence-electron chi connectivity index (χ0n) is 9.64. The Balaban J connectivity index is 2.36. The maximum absolute atomic E-state index is 6.10. The molecule has 0 unspecified atom stereocenters. The van der Waals surface area contributed by atoms with Crippen molar-refractivity contribution in [1.29, 1.82) is 0 Å². The highest BCUT2D eigenvalue weighted by Crippen LogP contribution is 2.26. The smallest absolute Gasteiger partial charge is 0.137 e. The Labute approximate surface area is 111 Å². The summed E-state index contributed by atoms with van der Waals surface area (Å²) >= 11 is 9.50. The molecule has 0 bridgehead atoms. The van der Waals surface area contributed by atoms with E-state index < -0.39 is 0 Å². The molecule has 0 heterocycles. The number of alkyl halides is 1. The monoisotopic (exact) mass is 304 g/mol. The molecule has 0 saturated heterocycles. The van der Waals surface area contributed by atoms with Crippen LogP contribution in [0.1, 0.15) is 38.2 Å². The van der Waals surface area contributed by atoms with Crippen molar-refractivity contribution in [3.63, 3.8) is 0 Å². The van der Waals surface area contributed by atoms with Crippen LogP contribution in [0.15, 0.2) is 18.2 Å². The van der Waals surface area contributed by atoms with Gasteiger partial charge >= 0.3 is 0 Å². The maximum Gasteiger partial charge on any atom is 0.137 e. The highest BCUT2D eigenvalue weighted by atomic mass is 79.9. The van der Waals surface area contributed by atoms with Crippen LogP contribution < -0.4 is 4.74 Å². The van der Waals surface area contributed by atoms with Crippen molar-refractivity contribution in [2.24, 2.45) is 0 Å². The highest BCUT2D eigenvalue weighted by Gasteiger charge is 2.02. The summed E-state index contributed by atoms with van der Waals surface area (Å²) in [4.78, 5) is 0. The molecule has 0 radical (unpaired) electrons. The van der Waals surface area contributed by atoms with E-state index in [2.05, 4.69) is 22.9 Å². The van der Waals surface area contributed by atoms with E-state index in [0.29, 0.717) is 5.02 Å². The first-order valence-corrected chi connectivity index (χ1v) is 7.25. The van der Waals surface area contributed by atoms with Gasteiger partial charge in [0.25, 0.3) is 0 Å². The first-order valence-electron chi connectivity index (χ1n) is 5.75. The van der Waals surface area contributed by atoms with Gasteiger partial charge in [-0.1, -0.05) is 59.8 Å². The number of ether oxygens (including phenoxy) is 1. The van der Waals surface area contributed by atoms with Gasteiger partial charge in [-0.2, -0.15) is 0 Å². The predicted molar refractivity (Wildman–Crippen MR) is 73.7 cm³/mol. The zero-order valence-corrected chi connectivity index (χ0v) is 12.0. The van der Waals surface area contributed by atoms with Crippen LogP contribution in [0.4, 0.5) is 0 Å². The third-order valence-corrected chi connectivity index (χ3v) is 3.35. The topological polar surface area (TPSA) is 9.23 Å². The first kappa shape index (κ1) is 13.9. The van der Waals surface area contributed by atoms with E-state index in [1.807, 2.05) is 18.2 Å². The minimum Gasteiger partial charge on any atom is -0.492 e. The number of halogens is 2. The Morgan fingerprint density at radius 1 is 1.25 bits per heavy atom. The second kappa shape index (κ2) is 7.97. The Kier molecular flexibility index (Phi) is 6.90. The van der Waals surface area contributed by atoms with Gasteiger partial charge in [0.2, 0.25) is 0 Å². The molecule has 0 fully saturated rings. The summed E-state index contributed by atoms with van der Waals surface area (Å²) in [6, 6.07) is 5.92. The number of rotatable bonds is 7. The van der Waals surface area contributed by atoms with Gasteiger partial charge in [0.05, 0.1) is 11.6 Å². The van der Waals surface area contributed by atoms with Crippen LogP contribution in [0.5, 0.6) is 5.75 Å². The lowest BCUT2D eigenvalue weighted by molar-refractivity contribution is 0.305. The highest BCUT2D eigenvalue weighted by molar-refractivity contribution is 9.08. The van der Waals surface area contributed by atoms with Crippen LogP contribution in [0.25, 0.3) is 0 Å². The molecule has 1 nitrogen and oxygen atoms in total. The van der Waals surface area contributed by atoms with Gasteiger partial charge in [-0.3, -0.25) is 0 Å². The summed E-state index contributed by atoms with van der Waals surface area (Å²) in [5.41, 5.74) is 1.17.